The van der Waals surface area contributed by atoms with Gasteiger partial charge in [0.05, 0.1) is 23.8 Å². The molecule has 0 aliphatic rings. The van der Waals surface area contributed by atoms with E-state index < -0.39 is 11.0 Å². The number of para-hydroxylation sites is 1. The molecule has 0 saturated carbocycles. The Balaban J connectivity index is 1.52. The third kappa shape index (κ3) is 3.60. The Kier molecular flexibility index (Phi) is 4.93. The van der Waals surface area contributed by atoms with Crippen molar-refractivity contribution in [1.29, 1.82) is 0 Å². The maximum atomic E-state index is 12.6. The highest BCUT2D eigenvalue weighted by atomic mass is 16.6. The van der Waals surface area contributed by atoms with Crippen molar-refractivity contribution < 1.29 is 18.9 Å². The van der Waals surface area contributed by atoms with Gasteiger partial charge in [-0.1, -0.05) is 18.2 Å². The van der Waals surface area contributed by atoms with Crippen molar-refractivity contribution >= 4 is 22.6 Å². The summed E-state index contributed by atoms with van der Waals surface area (Å²) in [6.45, 7) is 1.81. The van der Waals surface area contributed by atoms with Gasteiger partial charge >= 0.3 is 0 Å². The predicted molar refractivity (Wildman–Crippen MR) is 109 cm³/mol. The fourth-order valence-corrected chi connectivity index (χ4v) is 3.11. The van der Waals surface area contributed by atoms with Crippen LogP contribution in [0.15, 0.2) is 65.2 Å². The van der Waals surface area contributed by atoms with Gasteiger partial charge in [0.15, 0.2) is 17.0 Å². The molecule has 9 heteroatoms. The monoisotopic (exact) mass is 406 g/mol. The molecule has 2 aromatic heterocycles. The molecule has 0 bridgehead atoms. The fourth-order valence-electron chi connectivity index (χ4n) is 3.11. The first-order valence-electron chi connectivity index (χ1n) is 9.14. The molecule has 0 aliphatic heterocycles. The minimum Gasteiger partial charge on any atom is -0.493 e. The number of hydrogen-bond donors (Lipinski definition) is 1. The van der Waals surface area contributed by atoms with Crippen molar-refractivity contribution in [2.75, 3.05) is 7.11 Å². The van der Waals surface area contributed by atoms with Crippen LogP contribution >= 0.6 is 0 Å². The fraction of sp³-hybridized carbons (Fsp3) is 0.143. The minimum absolute atomic E-state index is 0.0528. The Labute approximate surface area is 171 Å². The molecule has 0 aliphatic carbocycles. The summed E-state index contributed by atoms with van der Waals surface area (Å²) in [7, 11) is 1.57. The van der Waals surface area contributed by atoms with Crippen LogP contribution in [0.5, 0.6) is 5.75 Å². The topological polar surface area (TPSA) is 112 Å². The van der Waals surface area contributed by atoms with Crippen LogP contribution in [0.25, 0.3) is 16.7 Å². The summed E-state index contributed by atoms with van der Waals surface area (Å²) in [6.07, 6.45) is 1.57. The zero-order valence-electron chi connectivity index (χ0n) is 16.2. The molecule has 4 aromatic rings. The highest BCUT2D eigenvalue weighted by molar-refractivity contribution is 5.92. The van der Waals surface area contributed by atoms with Crippen LogP contribution in [-0.4, -0.2) is 27.7 Å². The second kappa shape index (κ2) is 7.70. The van der Waals surface area contributed by atoms with Gasteiger partial charge in [0, 0.05) is 23.7 Å². The highest BCUT2D eigenvalue weighted by Gasteiger charge is 2.19. The molecule has 0 saturated heterocycles. The van der Waals surface area contributed by atoms with Crippen LogP contribution in [0.3, 0.4) is 0 Å². The quantitative estimate of drug-likeness (QED) is 0.382. The van der Waals surface area contributed by atoms with Crippen LogP contribution in [0.4, 0.5) is 5.69 Å². The minimum atomic E-state index is -0.482. The molecule has 152 valence electrons. The number of nitro benzene ring substituents is 1. The van der Waals surface area contributed by atoms with Gasteiger partial charge in [0.25, 0.3) is 11.6 Å². The lowest BCUT2D eigenvalue weighted by atomic mass is 10.2. The molecule has 1 N–H and O–H groups in total. The number of ether oxygens (including phenoxy) is 1. The first-order chi connectivity index (χ1) is 14.5. The van der Waals surface area contributed by atoms with Gasteiger partial charge in [-0.25, -0.2) is 4.68 Å². The molecule has 0 spiro atoms. The van der Waals surface area contributed by atoms with Gasteiger partial charge in [-0.2, -0.15) is 5.10 Å². The van der Waals surface area contributed by atoms with Gasteiger partial charge in [-0.15, -0.1) is 0 Å². The maximum absolute atomic E-state index is 12.6. The first kappa shape index (κ1) is 19.2. The molecule has 1 atom stereocenters. The second-order valence-corrected chi connectivity index (χ2v) is 6.65. The molecule has 30 heavy (non-hydrogen) atoms. The van der Waals surface area contributed by atoms with Crippen molar-refractivity contribution in [3.63, 3.8) is 0 Å². The van der Waals surface area contributed by atoms with Crippen LogP contribution in [0.2, 0.25) is 0 Å². The van der Waals surface area contributed by atoms with Crippen molar-refractivity contribution in [2.45, 2.75) is 13.0 Å². The van der Waals surface area contributed by atoms with E-state index in [4.69, 9.17) is 9.15 Å². The van der Waals surface area contributed by atoms with Crippen LogP contribution < -0.4 is 10.1 Å². The Morgan fingerprint density at radius 2 is 2.03 bits per heavy atom. The van der Waals surface area contributed by atoms with Gasteiger partial charge in [0.2, 0.25) is 0 Å². The lowest BCUT2D eigenvalue weighted by Crippen LogP contribution is -2.26. The number of carbonyl (C=O) groups excluding carboxylic acids is 1. The van der Waals surface area contributed by atoms with E-state index in [1.165, 1.54) is 16.8 Å². The van der Waals surface area contributed by atoms with Crippen molar-refractivity contribution in [3.8, 4) is 11.4 Å². The largest absolute Gasteiger partial charge is 0.493 e. The lowest BCUT2D eigenvalue weighted by molar-refractivity contribution is -0.384. The first-order valence-corrected chi connectivity index (χ1v) is 9.14. The standard InChI is InChI=1S/C21H18N4O5/c1-13(19-11-14-5-3-8-18(29-2)20(14)30-19)22-21(26)17-9-10-24(23-17)15-6-4-7-16(12-15)25(27)28/h3-13H,1-2H3,(H,22,26). The average Bonchev–Trinajstić information content (AvgIpc) is 3.41. The number of non-ortho nitro benzene ring substituents is 1. The molecule has 4 rings (SSSR count). The highest BCUT2D eigenvalue weighted by Crippen LogP contribution is 2.31. The molecule has 1 amide bonds. The van der Waals surface area contributed by atoms with Crippen molar-refractivity contribution in [1.82, 2.24) is 15.1 Å². The Morgan fingerprint density at radius 3 is 2.80 bits per heavy atom. The Bertz CT molecular complexity index is 1240. The third-order valence-electron chi connectivity index (χ3n) is 4.65. The summed E-state index contributed by atoms with van der Waals surface area (Å²) in [6, 6.07) is 14.6. The summed E-state index contributed by atoms with van der Waals surface area (Å²) in [4.78, 5) is 23.1. The summed E-state index contributed by atoms with van der Waals surface area (Å²) in [5.41, 5.74) is 1.23. The summed E-state index contributed by atoms with van der Waals surface area (Å²) < 4.78 is 12.6. The molecule has 9 nitrogen and oxygen atoms in total. The number of nitro groups is 1. The molecule has 2 aromatic carbocycles. The number of nitrogens with one attached hydrogen (secondary N) is 1. The van der Waals surface area contributed by atoms with E-state index in [9.17, 15) is 14.9 Å². The van der Waals surface area contributed by atoms with E-state index in [0.717, 1.165) is 5.39 Å². The normalized spacial score (nSPS) is 11.9. The van der Waals surface area contributed by atoms with Crippen molar-refractivity contribution in [3.05, 3.63) is 82.4 Å². The number of nitrogens with zero attached hydrogens (tertiary/aromatic N) is 3. The molecule has 1 unspecified atom stereocenters. The number of benzene rings is 2. The van der Waals surface area contributed by atoms with Gasteiger partial charge < -0.3 is 14.5 Å². The smallest absolute Gasteiger partial charge is 0.272 e. The average molecular weight is 406 g/mol. The maximum Gasteiger partial charge on any atom is 0.272 e. The van der Waals surface area contributed by atoms with Crippen LogP contribution in [0, 0.1) is 10.1 Å². The number of amides is 1. The van der Waals surface area contributed by atoms with Gasteiger partial charge in [-0.05, 0) is 31.2 Å². The van der Waals surface area contributed by atoms with E-state index in [2.05, 4.69) is 10.4 Å². The molecule has 2 heterocycles. The van der Waals surface area contributed by atoms with E-state index in [1.807, 2.05) is 18.2 Å². The number of rotatable bonds is 6. The molecular weight excluding hydrogens is 388 g/mol. The molecule has 0 fully saturated rings. The number of hydrogen-bond acceptors (Lipinski definition) is 6. The number of aromatic nitrogens is 2. The number of furan rings is 1. The summed E-state index contributed by atoms with van der Waals surface area (Å²) in [5, 5.41) is 18.9. The number of fused-ring (bicyclic) bond motifs is 1. The number of methoxy groups -OCH3 is 1. The summed E-state index contributed by atoms with van der Waals surface area (Å²) >= 11 is 0. The van der Waals surface area contributed by atoms with E-state index in [1.54, 1.807) is 44.5 Å². The Morgan fingerprint density at radius 1 is 1.23 bits per heavy atom. The zero-order valence-corrected chi connectivity index (χ0v) is 16.2. The third-order valence-corrected chi connectivity index (χ3v) is 4.65. The van der Waals surface area contributed by atoms with Crippen LogP contribution in [-0.2, 0) is 0 Å². The second-order valence-electron chi connectivity index (χ2n) is 6.65. The predicted octanol–water partition coefficient (Wildman–Crippen LogP) is 4.03. The van der Waals surface area contributed by atoms with Gasteiger partial charge in [0.1, 0.15) is 5.76 Å². The Hall–Kier alpha value is -4.14. The lowest BCUT2D eigenvalue weighted by Gasteiger charge is -2.10. The van der Waals surface area contributed by atoms with Crippen molar-refractivity contribution in [2.24, 2.45) is 0 Å². The zero-order chi connectivity index (χ0) is 21.3. The van der Waals surface area contributed by atoms with E-state index >= 15 is 0 Å². The van der Waals surface area contributed by atoms with E-state index in [-0.39, 0.29) is 17.3 Å². The van der Waals surface area contributed by atoms with Crippen LogP contribution in [0.1, 0.15) is 29.2 Å². The van der Waals surface area contributed by atoms with E-state index in [0.29, 0.717) is 22.8 Å². The summed E-state index contributed by atoms with van der Waals surface area (Å²) in [5.74, 6) is 0.813. The number of carbonyl (C=O) groups is 1. The molecular formula is C21H18N4O5. The SMILES string of the molecule is COc1cccc2cc(C(C)NC(=O)c3ccn(-c4cccc([N+](=O)[O-])c4)n3)oc12. The molecule has 0 radical (unpaired) electrons. The van der Waals surface area contributed by atoms with Gasteiger partial charge in [-0.3, -0.25) is 14.9 Å².